The smallest absolute Gasteiger partial charge is 0.270 e. The van der Waals surface area contributed by atoms with E-state index in [1.807, 2.05) is 24.3 Å². The molecule has 1 N–H and O–H groups in total. The van der Waals surface area contributed by atoms with Crippen molar-refractivity contribution in [2.24, 2.45) is 0 Å². The zero-order chi connectivity index (χ0) is 21.5. The van der Waals surface area contributed by atoms with E-state index in [2.05, 4.69) is 32.2 Å². The Hall–Kier alpha value is -2.64. The maximum absolute atomic E-state index is 12.9. The van der Waals surface area contributed by atoms with Gasteiger partial charge in [0.2, 0.25) is 0 Å². The molecule has 166 valence electrons. The van der Waals surface area contributed by atoms with Crippen LogP contribution in [0.5, 0.6) is 5.75 Å². The number of ether oxygens (including phenoxy) is 2. The number of methoxy groups -OCH3 is 1. The summed E-state index contributed by atoms with van der Waals surface area (Å²) in [5.41, 5.74) is 2.67. The van der Waals surface area contributed by atoms with Crippen LogP contribution in [0.1, 0.15) is 41.4 Å². The fourth-order valence-electron chi connectivity index (χ4n) is 4.36. The number of pyridine rings is 1. The Morgan fingerprint density at radius 2 is 1.84 bits per heavy atom. The first-order valence-corrected chi connectivity index (χ1v) is 11.2. The highest BCUT2D eigenvalue weighted by Gasteiger charge is 2.23. The molecule has 2 saturated heterocycles. The molecule has 0 spiro atoms. The van der Waals surface area contributed by atoms with Crippen LogP contribution in [0, 0.1) is 0 Å². The molecule has 4 rings (SSSR count). The molecule has 1 amide bonds. The molecular weight excluding hydrogens is 392 g/mol. The molecule has 0 unspecified atom stereocenters. The molecule has 0 aliphatic carbocycles. The van der Waals surface area contributed by atoms with Crippen molar-refractivity contribution < 1.29 is 14.3 Å². The Kier molecular flexibility index (Phi) is 7.38. The molecule has 1 atom stereocenters. The number of anilines is 1. The van der Waals surface area contributed by atoms with Gasteiger partial charge in [-0.15, -0.1) is 0 Å². The van der Waals surface area contributed by atoms with E-state index in [0.717, 1.165) is 37.6 Å². The minimum atomic E-state index is -0.134. The number of amides is 1. The van der Waals surface area contributed by atoms with Gasteiger partial charge in [0.15, 0.2) is 0 Å². The van der Waals surface area contributed by atoms with Crippen molar-refractivity contribution in [2.75, 3.05) is 57.9 Å². The van der Waals surface area contributed by atoms with Crippen molar-refractivity contribution in [1.29, 1.82) is 0 Å². The number of nitrogens with zero attached hydrogens (tertiary/aromatic N) is 3. The van der Waals surface area contributed by atoms with Crippen molar-refractivity contribution in [3.63, 3.8) is 0 Å². The molecule has 0 bridgehead atoms. The number of rotatable bonds is 7. The van der Waals surface area contributed by atoms with Gasteiger partial charge in [0, 0.05) is 31.5 Å². The first kappa shape index (κ1) is 21.6. The number of carbonyl (C=O) groups excluding carboxylic acids is 1. The summed E-state index contributed by atoms with van der Waals surface area (Å²) in [7, 11) is 1.68. The van der Waals surface area contributed by atoms with E-state index in [0.29, 0.717) is 25.5 Å². The molecule has 2 aliphatic heterocycles. The number of hydrogen-bond donors (Lipinski definition) is 1. The van der Waals surface area contributed by atoms with E-state index >= 15 is 0 Å². The molecule has 0 saturated carbocycles. The van der Waals surface area contributed by atoms with Gasteiger partial charge in [0.05, 0.1) is 26.4 Å². The lowest BCUT2D eigenvalue weighted by Gasteiger charge is -2.35. The SMILES string of the molecule is COc1ccc([C@@H](CNC(=O)c2cc(N3CCOCC3)ccn2)N2CCCCC2)cc1. The Labute approximate surface area is 184 Å². The molecule has 31 heavy (non-hydrogen) atoms. The lowest BCUT2D eigenvalue weighted by atomic mass is 10.0. The van der Waals surface area contributed by atoms with E-state index in [9.17, 15) is 4.79 Å². The van der Waals surface area contributed by atoms with E-state index in [-0.39, 0.29) is 11.9 Å². The monoisotopic (exact) mass is 424 g/mol. The maximum Gasteiger partial charge on any atom is 0.270 e. The van der Waals surface area contributed by atoms with Crippen LogP contribution in [0.15, 0.2) is 42.6 Å². The van der Waals surface area contributed by atoms with Crippen molar-refractivity contribution in [3.8, 4) is 5.75 Å². The van der Waals surface area contributed by atoms with Crippen LogP contribution in [0.3, 0.4) is 0 Å². The molecular formula is C24H32N4O3. The average molecular weight is 425 g/mol. The maximum atomic E-state index is 12.9. The van der Waals surface area contributed by atoms with Gasteiger partial charge in [0.25, 0.3) is 5.91 Å². The quantitative estimate of drug-likeness (QED) is 0.737. The Balaban J connectivity index is 1.45. The zero-order valence-electron chi connectivity index (χ0n) is 18.3. The number of hydrogen-bond acceptors (Lipinski definition) is 6. The van der Waals surface area contributed by atoms with Crippen LogP contribution in [-0.4, -0.2) is 68.8 Å². The second-order valence-electron chi connectivity index (χ2n) is 8.09. The van der Waals surface area contributed by atoms with Gasteiger partial charge >= 0.3 is 0 Å². The third-order valence-corrected chi connectivity index (χ3v) is 6.14. The summed E-state index contributed by atoms with van der Waals surface area (Å²) >= 11 is 0. The number of piperidine rings is 1. The summed E-state index contributed by atoms with van der Waals surface area (Å²) in [5.74, 6) is 0.708. The summed E-state index contributed by atoms with van der Waals surface area (Å²) in [6.45, 7) is 5.74. The summed E-state index contributed by atoms with van der Waals surface area (Å²) in [6.07, 6.45) is 5.38. The van der Waals surface area contributed by atoms with Gasteiger partial charge in [-0.3, -0.25) is 14.7 Å². The van der Waals surface area contributed by atoms with E-state index in [1.54, 1.807) is 13.3 Å². The normalized spacial score (nSPS) is 18.4. The summed E-state index contributed by atoms with van der Waals surface area (Å²) in [6, 6.07) is 12.1. The van der Waals surface area contributed by atoms with Crippen LogP contribution in [0.25, 0.3) is 0 Å². The highest BCUT2D eigenvalue weighted by atomic mass is 16.5. The molecule has 2 fully saturated rings. The van der Waals surface area contributed by atoms with Crippen molar-refractivity contribution in [2.45, 2.75) is 25.3 Å². The number of carbonyl (C=O) groups is 1. The van der Waals surface area contributed by atoms with Crippen LogP contribution in [0.2, 0.25) is 0 Å². The van der Waals surface area contributed by atoms with Gasteiger partial charge in [-0.25, -0.2) is 0 Å². The molecule has 2 aliphatic rings. The number of nitrogens with one attached hydrogen (secondary N) is 1. The first-order valence-electron chi connectivity index (χ1n) is 11.2. The predicted octanol–water partition coefficient (Wildman–Crippen LogP) is 2.88. The Bertz CT molecular complexity index is 846. The third-order valence-electron chi connectivity index (χ3n) is 6.14. The summed E-state index contributed by atoms with van der Waals surface area (Å²) < 4.78 is 10.7. The second-order valence-corrected chi connectivity index (χ2v) is 8.09. The number of likely N-dealkylation sites (tertiary alicyclic amines) is 1. The van der Waals surface area contributed by atoms with Crippen molar-refractivity contribution in [1.82, 2.24) is 15.2 Å². The average Bonchev–Trinajstić information content (AvgIpc) is 2.85. The third kappa shape index (κ3) is 5.54. The molecule has 7 heteroatoms. The number of aromatic nitrogens is 1. The van der Waals surface area contributed by atoms with Gasteiger partial charge in [-0.1, -0.05) is 18.6 Å². The largest absolute Gasteiger partial charge is 0.497 e. The second kappa shape index (κ2) is 10.6. The standard InChI is InChI=1S/C24H32N4O3/c1-30-21-7-5-19(6-8-21)23(28-11-3-2-4-12-28)18-26-24(29)22-17-20(9-10-25-22)27-13-15-31-16-14-27/h5-10,17,23H,2-4,11-16,18H2,1H3,(H,26,29)/t23-/m1/s1. The van der Waals surface area contributed by atoms with Gasteiger partial charge in [-0.2, -0.15) is 0 Å². The topological polar surface area (TPSA) is 66.9 Å². The lowest BCUT2D eigenvalue weighted by molar-refractivity contribution is 0.0919. The minimum Gasteiger partial charge on any atom is -0.497 e. The van der Waals surface area contributed by atoms with Crippen LogP contribution >= 0.6 is 0 Å². The van der Waals surface area contributed by atoms with Gasteiger partial charge in [-0.05, 0) is 55.8 Å². The van der Waals surface area contributed by atoms with E-state index in [4.69, 9.17) is 9.47 Å². The van der Waals surface area contributed by atoms with Crippen LogP contribution < -0.4 is 15.0 Å². The molecule has 2 aromatic rings. The Morgan fingerprint density at radius 3 is 2.55 bits per heavy atom. The first-order chi connectivity index (χ1) is 15.2. The minimum absolute atomic E-state index is 0.134. The van der Waals surface area contributed by atoms with E-state index in [1.165, 1.54) is 24.8 Å². The Morgan fingerprint density at radius 1 is 1.10 bits per heavy atom. The summed E-state index contributed by atoms with van der Waals surface area (Å²) in [4.78, 5) is 22.0. The molecule has 0 radical (unpaired) electrons. The lowest BCUT2D eigenvalue weighted by Crippen LogP contribution is -2.41. The fourth-order valence-corrected chi connectivity index (χ4v) is 4.36. The highest BCUT2D eigenvalue weighted by Crippen LogP contribution is 2.26. The van der Waals surface area contributed by atoms with Gasteiger partial charge in [0.1, 0.15) is 11.4 Å². The van der Waals surface area contributed by atoms with Gasteiger partial charge < -0.3 is 19.7 Å². The molecule has 3 heterocycles. The number of morpholine rings is 1. The van der Waals surface area contributed by atoms with Crippen molar-refractivity contribution in [3.05, 3.63) is 53.9 Å². The van der Waals surface area contributed by atoms with Crippen molar-refractivity contribution >= 4 is 11.6 Å². The number of benzene rings is 1. The summed E-state index contributed by atoms with van der Waals surface area (Å²) in [5, 5.41) is 3.14. The highest BCUT2D eigenvalue weighted by molar-refractivity contribution is 5.93. The van der Waals surface area contributed by atoms with E-state index < -0.39 is 0 Å². The van der Waals surface area contributed by atoms with Crippen LogP contribution in [-0.2, 0) is 4.74 Å². The van der Waals surface area contributed by atoms with Crippen LogP contribution in [0.4, 0.5) is 5.69 Å². The zero-order valence-corrected chi connectivity index (χ0v) is 18.3. The molecule has 1 aromatic heterocycles. The fraction of sp³-hybridized carbons (Fsp3) is 0.500. The molecule has 7 nitrogen and oxygen atoms in total. The predicted molar refractivity (Wildman–Crippen MR) is 121 cm³/mol. The molecule has 1 aromatic carbocycles.